The zero-order valence-electron chi connectivity index (χ0n) is 15.3. The smallest absolute Gasteiger partial charge is 0.262 e. The lowest BCUT2D eigenvalue weighted by Crippen LogP contribution is -2.32. The van der Waals surface area contributed by atoms with Crippen LogP contribution in [0.3, 0.4) is 0 Å². The molecule has 1 N–H and O–H groups in total. The summed E-state index contributed by atoms with van der Waals surface area (Å²) in [6, 6.07) is 13.9. The van der Waals surface area contributed by atoms with Crippen LogP contribution in [0.2, 0.25) is 0 Å². The SMILES string of the molecule is CC(=O)c1ccc(NCC(=O)N2N=C(c3ccco3)CC2c2ccco2)cc1. The monoisotopic (exact) mass is 377 g/mol. The van der Waals surface area contributed by atoms with Crippen LogP contribution >= 0.6 is 0 Å². The van der Waals surface area contributed by atoms with Crippen molar-refractivity contribution in [3.63, 3.8) is 0 Å². The Kier molecular flexibility index (Phi) is 4.80. The summed E-state index contributed by atoms with van der Waals surface area (Å²) in [5.41, 5.74) is 2.08. The summed E-state index contributed by atoms with van der Waals surface area (Å²) in [7, 11) is 0. The van der Waals surface area contributed by atoms with Crippen LogP contribution in [0.15, 0.2) is 75.0 Å². The van der Waals surface area contributed by atoms with E-state index in [1.165, 1.54) is 11.9 Å². The molecule has 1 amide bonds. The second-order valence-corrected chi connectivity index (χ2v) is 6.48. The van der Waals surface area contributed by atoms with Crippen molar-refractivity contribution in [2.45, 2.75) is 19.4 Å². The molecule has 0 aliphatic carbocycles. The molecule has 142 valence electrons. The third-order valence-corrected chi connectivity index (χ3v) is 4.58. The number of benzene rings is 1. The van der Waals surface area contributed by atoms with E-state index in [1.807, 2.05) is 12.1 Å². The minimum atomic E-state index is -0.315. The van der Waals surface area contributed by atoms with Crippen LogP contribution in [0.5, 0.6) is 0 Å². The Hall–Kier alpha value is -3.61. The Labute approximate surface area is 161 Å². The fourth-order valence-electron chi connectivity index (χ4n) is 3.12. The Morgan fingerprint density at radius 3 is 2.50 bits per heavy atom. The number of carbonyl (C=O) groups excluding carboxylic acids is 2. The molecular formula is C21H19N3O4. The van der Waals surface area contributed by atoms with Crippen LogP contribution in [0.1, 0.15) is 41.3 Å². The summed E-state index contributed by atoms with van der Waals surface area (Å²) in [5, 5.41) is 8.99. The molecule has 4 rings (SSSR count). The van der Waals surface area contributed by atoms with E-state index >= 15 is 0 Å². The average Bonchev–Trinajstić information content (AvgIpc) is 3.46. The normalized spacial score (nSPS) is 16.1. The van der Waals surface area contributed by atoms with Crippen molar-refractivity contribution in [3.05, 3.63) is 78.1 Å². The average molecular weight is 377 g/mol. The van der Waals surface area contributed by atoms with Crippen LogP contribution in [0.4, 0.5) is 5.69 Å². The van der Waals surface area contributed by atoms with Gasteiger partial charge in [0.25, 0.3) is 5.91 Å². The number of nitrogens with one attached hydrogen (secondary N) is 1. The number of hydrogen-bond donors (Lipinski definition) is 1. The molecule has 1 aliphatic heterocycles. The molecular weight excluding hydrogens is 358 g/mol. The molecule has 0 fully saturated rings. The molecule has 1 atom stereocenters. The van der Waals surface area contributed by atoms with E-state index in [-0.39, 0.29) is 24.3 Å². The van der Waals surface area contributed by atoms with Gasteiger partial charge in [-0.2, -0.15) is 5.10 Å². The number of carbonyl (C=O) groups is 2. The molecule has 0 radical (unpaired) electrons. The first-order valence-corrected chi connectivity index (χ1v) is 8.93. The van der Waals surface area contributed by atoms with Gasteiger partial charge in [0, 0.05) is 17.7 Å². The van der Waals surface area contributed by atoms with E-state index in [0.717, 1.165) is 5.69 Å². The number of rotatable bonds is 6. The summed E-state index contributed by atoms with van der Waals surface area (Å²) in [6.07, 6.45) is 3.67. The van der Waals surface area contributed by atoms with Crippen molar-refractivity contribution in [1.29, 1.82) is 0 Å². The van der Waals surface area contributed by atoms with Gasteiger partial charge in [-0.15, -0.1) is 0 Å². The van der Waals surface area contributed by atoms with E-state index in [0.29, 0.717) is 29.2 Å². The second-order valence-electron chi connectivity index (χ2n) is 6.48. The first-order chi connectivity index (χ1) is 13.6. The summed E-state index contributed by atoms with van der Waals surface area (Å²) in [5.74, 6) is 1.11. The van der Waals surface area contributed by atoms with Gasteiger partial charge in [0.05, 0.1) is 19.1 Å². The van der Waals surface area contributed by atoms with Crippen molar-refractivity contribution in [2.24, 2.45) is 5.10 Å². The number of hydrazone groups is 1. The highest BCUT2D eigenvalue weighted by Gasteiger charge is 2.35. The van der Waals surface area contributed by atoms with Crippen LogP contribution in [0.25, 0.3) is 0 Å². The van der Waals surface area contributed by atoms with E-state index in [2.05, 4.69) is 10.4 Å². The largest absolute Gasteiger partial charge is 0.467 e. The van der Waals surface area contributed by atoms with Crippen molar-refractivity contribution >= 4 is 23.1 Å². The van der Waals surface area contributed by atoms with Crippen LogP contribution in [-0.4, -0.2) is 29.0 Å². The Morgan fingerprint density at radius 2 is 1.86 bits per heavy atom. The fraction of sp³-hybridized carbons (Fsp3) is 0.190. The highest BCUT2D eigenvalue weighted by Crippen LogP contribution is 2.33. The van der Waals surface area contributed by atoms with Gasteiger partial charge in [0.15, 0.2) is 5.78 Å². The number of nitrogens with zero attached hydrogens (tertiary/aromatic N) is 2. The molecule has 3 heterocycles. The Morgan fingerprint density at radius 1 is 1.11 bits per heavy atom. The molecule has 0 spiro atoms. The van der Waals surface area contributed by atoms with E-state index in [4.69, 9.17) is 8.83 Å². The summed E-state index contributed by atoms with van der Waals surface area (Å²) in [4.78, 5) is 24.2. The van der Waals surface area contributed by atoms with Gasteiger partial charge in [0.1, 0.15) is 23.3 Å². The molecule has 0 saturated heterocycles. The first kappa shape index (κ1) is 17.8. The van der Waals surface area contributed by atoms with Gasteiger partial charge in [-0.3, -0.25) is 9.59 Å². The third-order valence-electron chi connectivity index (χ3n) is 4.58. The third kappa shape index (κ3) is 3.59. The minimum absolute atomic E-state index is 0.000718. The zero-order chi connectivity index (χ0) is 19.5. The predicted octanol–water partition coefficient (Wildman–Crippen LogP) is 3.87. The molecule has 1 aromatic carbocycles. The topological polar surface area (TPSA) is 88.0 Å². The maximum Gasteiger partial charge on any atom is 0.262 e. The number of Topliss-reactive ketones (excluding diaryl/α,β-unsaturated/α-hetero) is 1. The van der Waals surface area contributed by atoms with Crippen LogP contribution in [-0.2, 0) is 4.79 Å². The Balaban J connectivity index is 1.49. The first-order valence-electron chi connectivity index (χ1n) is 8.93. The molecule has 7 nitrogen and oxygen atoms in total. The fourth-order valence-corrected chi connectivity index (χ4v) is 3.12. The van der Waals surface area contributed by atoms with E-state index < -0.39 is 0 Å². The number of hydrogen-bond acceptors (Lipinski definition) is 6. The number of anilines is 1. The predicted molar refractivity (Wildman–Crippen MR) is 103 cm³/mol. The van der Waals surface area contributed by atoms with Crippen LogP contribution in [0, 0.1) is 0 Å². The molecule has 1 unspecified atom stereocenters. The summed E-state index contributed by atoms with van der Waals surface area (Å²) >= 11 is 0. The molecule has 0 saturated carbocycles. The standard InChI is InChI=1S/C21H19N3O4/c1-14(25)15-6-8-16(9-7-15)22-13-21(26)24-18(20-5-3-11-28-20)12-17(23-24)19-4-2-10-27-19/h2-11,18,22H,12-13H2,1H3. The van der Waals surface area contributed by atoms with Gasteiger partial charge in [-0.05, 0) is 55.5 Å². The minimum Gasteiger partial charge on any atom is -0.467 e. The lowest BCUT2D eigenvalue weighted by atomic mass is 10.1. The van der Waals surface area contributed by atoms with Crippen LogP contribution < -0.4 is 5.32 Å². The lowest BCUT2D eigenvalue weighted by molar-refractivity contribution is -0.131. The van der Waals surface area contributed by atoms with Crippen molar-refractivity contribution in [1.82, 2.24) is 5.01 Å². The summed E-state index contributed by atoms with van der Waals surface area (Å²) < 4.78 is 10.9. The van der Waals surface area contributed by atoms with Gasteiger partial charge in [0.2, 0.25) is 0 Å². The Bertz CT molecular complexity index is 989. The molecule has 2 aromatic heterocycles. The van der Waals surface area contributed by atoms with Gasteiger partial charge in [-0.25, -0.2) is 5.01 Å². The molecule has 28 heavy (non-hydrogen) atoms. The molecule has 3 aromatic rings. The van der Waals surface area contributed by atoms with Gasteiger partial charge >= 0.3 is 0 Å². The number of ketones is 1. The quantitative estimate of drug-likeness (QED) is 0.659. The van der Waals surface area contributed by atoms with Crippen molar-refractivity contribution < 1.29 is 18.4 Å². The molecule has 0 bridgehead atoms. The van der Waals surface area contributed by atoms with Crippen molar-refractivity contribution in [3.8, 4) is 0 Å². The number of amides is 1. The maximum absolute atomic E-state index is 12.8. The van der Waals surface area contributed by atoms with Gasteiger partial charge < -0.3 is 14.2 Å². The molecule has 7 heteroatoms. The summed E-state index contributed by atoms with van der Waals surface area (Å²) in [6.45, 7) is 1.58. The van der Waals surface area contributed by atoms with Gasteiger partial charge in [-0.1, -0.05) is 0 Å². The molecule has 1 aliphatic rings. The maximum atomic E-state index is 12.8. The number of furan rings is 2. The van der Waals surface area contributed by atoms with E-state index in [9.17, 15) is 9.59 Å². The zero-order valence-corrected chi connectivity index (χ0v) is 15.3. The van der Waals surface area contributed by atoms with E-state index in [1.54, 1.807) is 48.9 Å². The highest BCUT2D eigenvalue weighted by molar-refractivity contribution is 6.01. The van der Waals surface area contributed by atoms with Crippen molar-refractivity contribution in [2.75, 3.05) is 11.9 Å². The highest BCUT2D eigenvalue weighted by atomic mass is 16.3. The second kappa shape index (κ2) is 7.56. The lowest BCUT2D eigenvalue weighted by Gasteiger charge is -2.20.